The van der Waals surface area contributed by atoms with E-state index in [4.69, 9.17) is 16.1 Å². The Labute approximate surface area is 161 Å². The van der Waals surface area contributed by atoms with E-state index in [1.165, 1.54) is 6.26 Å². The molecular weight excluding hydrogens is 366 g/mol. The van der Waals surface area contributed by atoms with Gasteiger partial charge in [0.25, 0.3) is 0 Å². The van der Waals surface area contributed by atoms with Crippen LogP contribution in [-0.2, 0) is 6.42 Å². The molecule has 1 aromatic heterocycles. The number of benzene rings is 2. The topological polar surface area (TPSA) is 43.1 Å². The number of carbonyl (C=O) groups excluding carboxylic acids is 1. The van der Waals surface area contributed by atoms with Gasteiger partial charge in [0, 0.05) is 21.4 Å². The van der Waals surface area contributed by atoms with Crippen LogP contribution in [0, 0.1) is 0 Å². The molecule has 0 spiro atoms. The number of nitrogens with zero attached hydrogens (tertiary/aromatic N) is 1. The quantitative estimate of drug-likeness (QED) is 0.401. The van der Waals surface area contributed by atoms with Crippen molar-refractivity contribution in [2.75, 3.05) is 6.26 Å². The first-order valence-corrected chi connectivity index (χ1v) is 10.2. The molecule has 4 rings (SSSR count). The molecule has 3 aromatic rings. The van der Waals surface area contributed by atoms with Gasteiger partial charge < -0.3 is 4.52 Å². The predicted molar refractivity (Wildman–Crippen MR) is 104 cm³/mol. The summed E-state index contributed by atoms with van der Waals surface area (Å²) in [6, 6.07) is 13.7. The number of carbonyl (C=O) groups is 1. The van der Waals surface area contributed by atoms with E-state index >= 15 is 0 Å². The Balaban J connectivity index is 1.69. The van der Waals surface area contributed by atoms with Crippen molar-refractivity contribution >= 4 is 29.1 Å². The molecule has 0 radical (unpaired) electrons. The average molecular weight is 384 g/mol. The highest BCUT2D eigenvalue weighted by atomic mass is 35.5. The van der Waals surface area contributed by atoms with Crippen molar-refractivity contribution in [1.82, 2.24) is 5.16 Å². The van der Waals surface area contributed by atoms with Crippen LogP contribution in [0.1, 0.15) is 51.5 Å². The van der Waals surface area contributed by atoms with Gasteiger partial charge >= 0.3 is 0 Å². The van der Waals surface area contributed by atoms with Gasteiger partial charge in [-0.1, -0.05) is 47.1 Å². The Bertz CT molecular complexity index is 962. The summed E-state index contributed by atoms with van der Waals surface area (Å²) in [6.45, 7) is 0. The van der Waals surface area contributed by atoms with E-state index in [0.29, 0.717) is 23.5 Å². The molecular formula is C21H18ClNO2S. The van der Waals surface area contributed by atoms with E-state index < -0.39 is 0 Å². The number of aromatic nitrogens is 1. The average Bonchev–Trinajstić information content (AvgIpc) is 3.39. The molecule has 26 heavy (non-hydrogen) atoms. The molecule has 0 bridgehead atoms. The Morgan fingerprint density at radius 3 is 2.77 bits per heavy atom. The van der Waals surface area contributed by atoms with Crippen molar-refractivity contribution in [2.45, 2.75) is 30.1 Å². The lowest BCUT2D eigenvalue weighted by atomic mass is 9.94. The van der Waals surface area contributed by atoms with Gasteiger partial charge in [0.15, 0.2) is 5.78 Å². The maximum atomic E-state index is 13.2. The van der Waals surface area contributed by atoms with Crippen molar-refractivity contribution in [1.29, 1.82) is 0 Å². The van der Waals surface area contributed by atoms with Crippen LogP contribution >= 0.6 is 23.4 Å². The third-order valence-corrected chi connectivity index (χ3v) is 5.75. The lowest BCUT2D eigenvalue weighted by Crippen LogP contribution is -2.07. The highest BCUT2D eigenvalue weighted by molar-refractivity contribution is 7.98. The number of thioether (sulfide) groups is 1. The zero-order chi connectivity index (χ0) is 18.1. The molecule has 1 saturated carbocycles. The standard InChI is InChI=1S/C21H18ClNO2S/c1-26-19-11-16(22)9-8-15(19)10-14-4-2-3-5-17(14)21(24)18-12-25-23-20(18)13-6-7-13/h2-5,8-9,11-13H,6-7,10H2,1H3. The van der Waals surface area contributed by atoms with Gasteiger partial charge in [0.2, 0.25) is 0 Å². The zero-order valence-corrected chi connectivity index (χ0v) is 15.9. The largest absolute Gasteiger partial charge is 0.364 e. The summed E-state index contributed by atoms with van der Waals surface area (Å²) in [5.41, 5.74) is 4.27. The minimum atomic E-state index is -0.0107. The molecule has 0 atom stereocenters. The van der Waals surface area contributed by atoms with Crippen LogP contribution in [0.25, 0.3) is 0 Å². The molecule has 0 amide bonds. The molecule has 1 fully saturated rings. The smallest absolute Gasteiger partial charge is 0.198 e. The Morgan fingerprint density at radius 2 is 2.00 bits per heavy atom. The first kappa shape index (κ1) is 17.4. The van der Waals surface area contributed by atoms with Crippen LogP contribution in [0.4, 0.5) is 0 Å². The number of rotatable bonds is 6. The molecule has 0 N–H and O–H groups in total. The highest BCUT2D eigenvalue weighted by Gasteiger charge is 2.32. The molecule has 1 heterocycles. The summed E-state index contributed by atoms with van der Waals surface area (Å²) in [5, 5.41) is 4.78. The minimum Gasteiger partial charge on any atom is -0.364 e. The van der Waals surface area contributed by atoms with Gasteiger partial charge in [-0.15, -0.1) is 11.8 Å². The molecule has 1 aliphatic rings. The van der Waals surface area contributed by atoms with Crippen molar-refractivity contribution in [3.8, 4) is 0 Å². The van der Waals surface area contributed by atoms with Crippen LogP contribution in [0.2, 0.25) is 5.02 Å². The Hall–Kier alpha value is -2.04. The van der Waals surface area contributed by atoms with Crippen molar-refractivity contribution in [3.05, 3.63) is 81.7 Å². The van der Waals surface area contributed by atoms with Gasteiger partial charge in [-0.2, -0.15) is 0 Å². The third kappa shape index (κ3) is 3.44. The SMILES string of the molecule is CSc1cc(Cl)ccc1Cc1ccccc1C(=O)c1conc1C1CC1. The second-order valence-corrected chi connectivity index (χ2v) is 7.79. The number of halogens is 1. The molecule has 1 aliphatic carbocycles. The number of hydrogen-bond acceptors (Lipinski definition) is 4. The van der Waals surface area contributed by atoms with Crippen LogP contribution < -0.4 is 0 Å². The summed E-state index contributed by atoms with van der Waals surface area (Å²) in [5.74, 6) is 0.364. The fourth-order valence-corrected chi connectivity index (χ4v) is 4.06. The molecule has 2 aromatic carbocycles. The molecule has 3 nitrogen and oxygen atoms in total. The van der Waals surface area contributed by atoms with Crippen molar-refractivity contribution in [3.63, 3.8) is 0 Å². The van der Waals surface area contributed by atoms with Gasteiger partial charge in [-0.25, -0.2) is 0 Å². The maximum Gasteiger partial charge on any atom is 0.198 e. The van der Waals surface area contributed by atoms with Gasteiger partial charge in [0.05, 0.1) is 11.3 Å². The number of hydrogen-bond donors (Lipinski definition) is 0. The van der Waals surface area contributed by atoms with Gasteiger partial charge in [-0.3, -0.25) is 4.79 Å². The first-order chi connectivity index (χ1) is 12.7. The Kier molecular flexibility index (Phi) is 4.88. The monoisotopic (exact) mass is 383 g/mol. The van der Waals surface area contributed by atoms with Gasteiger partial charge in [0.1, 0.15) is 6.26 Å². The van der Waals surface area contributed by atoms with E-state index in [-0.39, 0.29) is 5.78 Å². The number of ketones is 1. The van der Waals surface area contributed by atoms with Crippen molar-refractivity contribution in [2.24, 2.45) is 0 Å². The molecule has 0 saturated heterocycles. The molecule has 0 aliphatic heterocycles. The zero-order valence-electron chi connectivity index (χ0n) is 14.4. The highest BCUT2D eigenvalue weighted by Crippen LogP contribution is 2.41. The van der Waals surface area contributed by atoms with E-state index in [2.05, 4.69) is 5.16 Å². The van der Waals surface area contributed by atoms with Crippen LogP contribution in [0.5, 0.6) is 0 Å². The van der Waals surface area contributed by atoms with Crippen molar-refractivity contribution < 1.29 is 9.32 Å². The van der Waals surface area contributed by atoms with Crippen LogP contribution in [0.3, 0.4) is 0 Å². The molecule has 132 valence electrons. The minimum absolute atomic E-state index is 0.0107. The van der Waals surface area contributed by atoms with Crippen LogP contribution in [-0.4, -0.2) is 17.2 Å². The third-order valence-electron chi connectivity index (χ3n) is 4.70. The molecule has 0 unspecified atom stereocenters. The lowest BCUT2D eigenvalue weighted by Gasteiger charge is -2.11. The normalized spacial score (nSPS) is 13.8. The summed E-state index contributed by atoms with van der Waals surface area (Å²) in [4.78, 5) is 14.3. The molecule has 5 heteroatoms. The summed E-state index contributed by atoms with van der Waals surface area (Å²) in [7, 11) is 0. The van der Waals surface area contributed by atoms with E-state index in [1.807, 2.05) is 48.7 Å². The second kappa shape index (κ2) is 7.29. The lowest BCUT2D eigenvalue weighted by molar-refractivity contribution is 0.103. The Morgan fingerprint density at radius 1 is 1.19 bits per heavy atom. The fraction of sp³-hybridized carbons (Fsp3) is 0.238. The fourth-order valence-electron chi connectivity index (χ4n) is 3.18. The van der Waals surface area contributed by atoms with Gasteiger partial charge in [-0.05, 0) is 48.8 Å². The van der Waals surface area contributed by atoms with Crippen LogP contribution in [0.15, 0.2) is 58.1 Å². The maximum absolute atomic E-state index is 13.2. The predicted octanol–water partition coefficient (Wildman–Crippen LogP) is 5.75. The second-order valence-electron chi connectivity index (χ2n) is 6.51. The van der Waals surface area contributed by atoms with E-state index in [9.17, 15) is 4.79 Å². The van der Waals surface area contributed by atoms with E-state index in [0.717, 1.165) is 39.6 Å². The summed E-state index contributed by atoms with van der Waals surface area (Å²) < 4.78 is 5.11. The summed E-state index contributed by atoms with van der Waals surface area (Å²) in [6.07, 6.45) is 6.36. The van der Waals surface area contributed by atoms with E-state index in [1.54, 1.807) is 11.8 Å². The first-order valence-electron chi connectivity index (χ1n) is 8.56. The summed E-state index contributed by atoms with van der Waals surface area (Å²) >= 11 is 7.78.